The number of aromatic nitrogens is 2. The van der Waals surface area contributed by atoms with E-state index in [1.165, 1.54) is 0 Å². The molecule has 0 fully saturated rings. The van der Waals surface area contributed by atoms with Gasteiger partial charge < -0.3 is 10.5 Å². The van der Waals surface area contributed by atoms with Crippen LogP contribution in [0.4, 0.5) is 5.95 Å². The zero-order chi connectivity index (χ0) is 12.5. The predicted molar refractivity (Wildman–Crippen MR) is 67.5 cm³/mol. The number of hydrogen-bond acceptors (Lipinski definition) is 5. The van der Waals surface area contributed by atoms with Crippen LogP contribution in [0.2, 0.25) is 0 Å². The molecular weight excluding hydrogens is 228 g/mol. The monoisotopic (exact) mass is 240 g/mol. The number of hydrogen-bond donors (Lipinski definition) is 2. The molecule has 0 aliphatic carbocycles. The fraction of sp³-hybridized carbons (Fsp3) is 0.154. The van der Waals surface area contributed by atoms with Crippen molar-refractivity contribution in [3.63, 3.8) is 0 Å². The molecule has 0 saturated heterocycles. The van der Waals surface area contributed by atoms with E-state index in [4.69, 9.17) is 5.73 Å². The molecule has 0 saturated carbocycles. The summed E-state index contributed by atoms with van der Waals surface area (Å²) >= 11 is 0. The number of anilines is 1. The van der Waals surface area contributed by atoms with Gasteiger partial charge in [-0.1, -0.05) is 12.1 Å². The molecule has 5 heteroatoms. The maximum Gasteiger partial charge on any atom is 0.220 e. The lowest BCUT2D eigenvalue weighted by Gasteiger charge is -2.06. The van der Waals surface area contributed by atoms with Crippen LogP contribution in [0.25, 0.3) is 11.3 Å². The summed E-state index contributed by atoms with van der Waals surface area (Å²) in [5.74, 6) is 0.248. The van der Waals surface area contributed by atoms with Gasteiger partial charge in [0.1, 0.15) is 6.29 Å². The number of nitrogens with two attached hydrogens (primary N) is 1. The third kappa shape index (κ3) is 1.74. The number of carbonyl (C=O) groups excluding carboxylic acids is 1. The molecule has 90 valence electrons. The van der Waals surface area contributed by atoms with E-state index in [0.717, 1.165) is 35.2 Å². The van der Waals surface area contributed by atoms with Gasteiger partial charge in [-0.3, -0.25) is 5.32 Å². The van der Waals surface area contributed by atoms with E-state index in [1.54, 1.807) is 12.3 Å². The second-order valence-corrected chi connectivity index (χ2v) is 4.21. The maximum absolute atomic E-state index is 11.0. The number of nitrogens with one attached hydrogen (secondary N) is 1. The summed E-state index contributed by atoms with van der Waals surface area (Å²) in [5, 5.41) is 3.14. The van der Waals surface area contributed by atoms with Gasteiger partial charge in [0.2, 0.25) is 5.95 Å². The van der Waals surface area contributed by atoms with Crippen LogP contribution in [-0.2, 0) is 11.3 Å². The molecule has 2 aromatic rings. The molecular formula is C13H12N4O. The topological polar surface area (TPSA) is 80.9 Å². The number of fused-ring (bicyclic) bond motifs is 1. The highest BCUT2D eigenvalue weighted by Crippen LogP contribution is 2.28. The fourth-order valence-electron chi connectivity index (χ4n) is 2.19. The number of rotatable bonds is 2. The average Bonchev–Trinajstić information content (AvgIpc) is 2.80. The molecule has 0 amide bonds. The molecule has 0 bridgehead atoms. The first-order valence-corrected chi connectivity index (χ1v) is 5.68. The first-order chi connectivity index (χ1) is 8.78. The van der Waals surface area contributed by atoms with E-state index in [0.29, 0.717) is 0 Å². The van der Waals surface area contributed by atoms with Crippen molar-refractivity contribution in [3.05, 3.63) is 41.6 Å². The Morgan fingerprint density at radius 1 is 1.39 bits per heavy atom. The van der Waals surface area contributed by atoms with Crippen molar-refractivity contribution < 1.29 is 4.79 Å². The second-order valence-electron chi connectivity index (χ2n) is 4.21. The number of aldehydes is 1. The van der Waals surface area contributed by atoms with Crippen LogP contribution in [-0.4, -0.2) is 16.3 Å². The molecule has 1 aromatic heterocycles. The molecule has 1 aromatic carbocycles. The minimum Gasteiger partial charge on any atom is -0.368 e. The van der Waals surface area contributed by atoms with Crippen molar-refractivity contribution in [1.29, 1.82) is 0 Å². The number of carbonyl (C=O) groups is 1. The van der Waals surface area contributed by atoms with Gasteiger partial charge in [0.25, 0.3) is 0 Å². The van der Waals surface area contributed by atoms with Gasteiger partial charge in [0.05, 0.1) is 11.7 Å². The number of nitrogens with zero attached hydrogens (tertiary/aromatic N) is 2. The molecule has 5 nitrogen and oxygen atoms in total. The molecule has 0 radical (unpaired) electrons. The Morgan fingerprint density at radius 2 is 2.28 bits per heavy atom. The highest BCUT2D eigenvalue weighted by Gasteiger charge is 2.21. The van der Waals surface area contributed by atoms with Gasteiger partial charge in [0.15, 0.2) is 0 Å². The Balaban J connectivity index is 2.07. The lowest BCUT2D eigenvalue weighted by molar-refractivity contribution is -0.109. The lowest BCUT2D eigenvalue weighted by atomic mass is 10.0. The minimum atomic E-state index is -0.223. The van der Waals surface area contributed by atoms with Crippen molar-refractivity contribution in [3.8, 4) is 11.3 Å². The van der Waals surface area contributed by atoms with E-state index in [2.05, 4.69) is 15.3 Å². The van der Waals surface area contributed by atoms with Crippen molar-refractivity contribution >= 4 is 12.2 Å². The molecule has 18 heavy (non-hydrogen) atoms. The summed E-state index contributed by atoms with van der Waals surface area (Å²) in [4.78, 5) is 19.0. The van der Waals surface area contributed by atoms with E-state index < -0.39 is 0 Å². The summed E-state index contributed by atoms with van der Waals surface area (Å²) in [6.45, 7) is 0.727. The minimum absolute atomic E-state index is 0.223. The smallest absolute Gasteiger partial charge is 0.220 e. The Hall–Kier alpha value is -2.27. The Kier molecular flexibility index (Phi) is 2.53. The third-order valence-corrected chi connectivity index (χ3v) is 3.10. The first kappa shape index (κ1) is 10.9. The maximum atomic E-state index is 11.0. The van der Waals surface area contributed by atoms with Crippen LogP contribution in [0.3, 0.4) is 0 Å². The highest BCUT2D eigenvalue weighted by molar-refractivity contribution is 5.69. The summed E-state index contributed by atoms with van der Waals surface area (Å²) in [6, 6.07) is 7.56. The molecule has 3 N–H and O–H groups in total. The predicted octanol–water partition coefficient (Wildman–Crippen LogP) is 1.07. The van der Waals surface area contributed by atoms with Gasteiger partial charge >= 0.3 is 0 Å². The first-order valence-electron chi connectivity index (χ1n) is 5.68. The van der Waals surface area contributed by atoms with Crippen LogP contribution in [0.5, 0.6) is 0 Å². The van der Waals surface area contributed by atoms with Crippen molar-refractivity contribution in [1.82, 2.24) is 15.3 Å². The zero-order valence-electron chi connectivity index (χ0n) is 9.63. The van der Waals surface area contributed by atoms with Gasteiger partial charge in [-0.05, 0) is 23.3 Å². The van der Waals surface area contributed by atoms with Crippen LogP contribution in [0.1, 0.15) is 17.2 Å². The van der Waals surface area contributed by atoms with Crippen molar-refractivity contribution in [2.75, 3.05) is 5.73 Å². The van der Waals surface area contributed by atoms with E-state index in [1.807, 2.05) is 18.2 Å². The Labute approximate surface area is 104 Å². The van der Waals surface area contributed by atoms with Gasteiger partial charge in [0, 0.05) is 18.3 Å². The summed E-state index contributed by atoms with van der Waals surface area (Å²) < 4.78 is 0. The van der Waals surface area contributed by atoms with E-state index in [-0.39, 0.29) is 12.0 Å². The number of nitrogen functional groups attached to an aromatic ring is 1. The Morgan fingerprint density at radius 3 is 3.06 bits per heavy atom. The molecule has 1 atom stereocenters. The van der Waals surface area contributed by atoms with Crippen molar-refractivity contribution in [2.24, 2.45) is 0 Å². The molecule has 1 aliphatic rings. The lowest BCUT2D eigenvalue weighted by Crippen LogP contribution is -2.12. The van der Waals surface area contributed by atoms with Crippen molar-refractivity contribution in [2.45, 2.75) is 12.6 Å². The average molecular weight is 240 g/mol. The van der Waals surface area contributed by atoms with Crippen LogP contribution in [0, 0.1) is 0 Å². The zero-order valence-corrected chi connectivity index (χ0v) is 9.63. The normalized spacial score (nSPS) is 17.4. The van der Waals surface area contributed by atoms with Crippen LogP contribution in [0.15, 0.2) is 30.5 Å². The second kappa shape index (κ2) is 4.19. The van der Waals surface area contributed by atoms with E-state index in [9.17, 15) is 4.79 Å². The highest BCUT2D eigenvalue weighted by atomic mass is 16.1. The summed E-state index contributed by atoms with van der Waals surface area (Å²) in [5.41, 5.74) is 9.44. The quantitative estimate of drug-likeness (QED) is 0.767. The van der Waals surface area contributed by atoms with Crippen LogP contribution >= 0.6 is 0 Å². The van der Waals surface area contributed by atoms with Gasteiger partial charge in [-0.25, -0.2) is 9.97 Å². The molecule has 3 rings (SSSR count). The molecule has 0 spiro atoms. The molecule has 1 unspecified atom stereocenters. The van der Waals surface area contributed by atoms with E-state index >= 15 is 0 Å². The largest absolute Gasteiger partial charge is 0.368 e. The van der Waals surface area contributed by atoms with Crippen LogP contribution < -0.4 is 11.1 Å². The molecule has 1 aliphatic heterocycles. The van der Waals surface area contributed by atoms with Gasteiger partial charge in [-0.15, -0.1) is 0 Å². The summed E-state index contributed by atoms with van der Waals surface area (Å²) in [6.07, 6.45) is 2.55. The SMILES string of the molecule is Nc1nccc(-c2ccc3c(c2)C(C=O)NC3)n1. The number of benzene rings is 1. The third-order valence-electron chi connectivity index (χ3n) is 3.10. The fourth-order valence-corrected chi connectivity index (χ4v) is 2.19. The molecule has 2 heterocycles. The Bertz CT molecular complexity index is 612. The summed E-state index contributed by atoms with van der Waals surface area (Å²) in [7, 11) is 0. The standard InChI is InChI=1S/C13H12N4O/c14-13-15-4-3-11(17-13)8-1-2-9-6-16-12(7-18)10(9)5-8/h1-5,7,12,16H,6H2,(H2,14,15,17). The van der Waals surface area contributed by atoms with Gasteiger partial charge in [-0.2, -0.15) is 0 Å².